The lowest BCUT2D eigenvalue weighted by atomic mass is 10.1. The highest BCUT2D eigenvalue weighted by Gasteiger charge is 2.20. The molecule has 5 nitrogen and oxygen atoms in total. The summed E-state index contributed by atoms with van der Waals surface area (Å²) in [5.41, 5.74) is 5.38. The van der Waals surface area contributed by atoms with Crippen LogP contribution in [0.3, 0.4) is 0 Å². The number of benzene rings is 3. The second-order valence-electron chi connectivity index (χ2n) is 7.44. The van der Waals surface area contributed by atoms with Gasteiger partial charge in [-0.2, -0.15) is 0 Å². The lowest BCUT2D eigenvalue weighted by Crippen LogP contribution is -2.23. The lowest BCUT2D eigenvalue weighted by Gasteiger charge is -2.15. The van der Waals surface area contributed by atoms with Crippen LogP contribution in [-0.2, 0) is 6.54 Å². The molecule has 5 heteroatoms. The summed E-state index contributed by atoms with van der Waals surface area (Å²) in [5, 5.41) is 3.04. The summed E-state index contributed by atoms with van der Waals surface area (Å²) in [6, 6.07) is 27.6. The third-order valence-corrected chi connectivity index (χ3v) is 5.48. The van der Waals surface area contributed by atoms with Gasteiger partial charge >= 0.3 is 0 Å². The van der Waals surface area contributed by atoms with Crippen LogP contribution in [0.2, 0.25) is 0 Å². The molecule has 0 fully saturated rings. The Hall–Kier alpha value is -3.99. The molecular formula is C27H26N2O3. The maximum atomic E-state index is 13.1. The molecular weight excluding hydrogens is 400 g/mol. The summed E-state index contributed by atoms with van der Waals surface area (Å²) < 4.78 is 13.0. The zero-order chi connectivity index (χ0) is 22.5. The highest BCUT2D eigenvalue weighted by molar-refractivity contribution is 5.97. The fourth-order valence-electron chi connectivity index (χ4n) is 3.83. The summed E-state index contributed by atoms with van der Waals surface area (Å²) in [6.45, 7) is 2.43. The van der Waals surface area contributed by atoms with Gasteiger partial charge in [0.2, 0.25) is 0 Å². The number of ether oxygens (including phenoxy) is 2. The Kier molecular flexibility index (Phi) is 6.26. The van der Waals surface area contributed by atoms with E-state index in [-0.39, 0.29) is 5.91 Å². The minimum atomic E-state index is -0.109. The van der Waals surface area contributed by atoms with Gasteiger partial charge in [0.05, 0.1) is 25.5 Å². The molecule has 1 N–H and O–H groups in total. The number of nitrogens with one attached hydrogen (secondary N) is 1. The van der Waals surface area contributed by atoms with Gasteiger partial charge in [0.25, 0.3) is 5.91 Å². The van der Waals surface area contributed by atoms with Gasteiger partial charge in [0, 0.05) is 24.0 Å². The number of rotatable bonds is 7. The number of methoxy groups -OCH3 is 2. The molecule has 0 aliphatic heterocycles. The molecule has 0 bridgehead atoms. The summed E-state index contributed by atoms with van der Waals surface area (Å²) in [6.07, 6.45) is 0. The van der Waals surface area contributed by atoms with Crippen LogP contribution in [0.1, 0.15) is 21.6 Å². The van der Waals surface area contributed by atoms with Crippen LogP contribution >= 0.6 is 0 Å². The SMILES string of the molecule is COc1ccc(-n2c(-c3ccccc3)cc(C(=O)NCc3ccccc3)c2C)cc1OC. The van der Waals surface area contributed by atoms with Crippen LogP contribution in [0.4, 0.5) is 0 Å². The van der Waals surface area contributed by atoms with Crippen LogP contribution < -0.4 is 14.8 Å². The number of hydrogen-bond donors (Lipinski definition) is 1. The van der Waals surface area contributed by atoms with Gasteiger partial charge in [-0.25, -0.2) is 0 Å². The van der Waals surface area contributed by atoms with Gasteiger partial charge in [0.1, 0.15) is 0 Å². The van der Waals surface area contributed by atoms with E-state index in [1.165, 1.54) is 0 Å². The molecule has 4 aromatic rings. The quantitative estimate of drug-likeness (QED) is 0.430. The minimum absolute atomic E-state index is 0.109. The molecule has 32 heavy (non-hydrogen) atoms. The van der Waals surface area contributed by atoms with Gasteiger partial charge in [-0.1, -0.05) is 60.7 Å². The predicted molar refractivity (Wildman–Crippen MR) is 127 cm³/mol. The first-order valence-corrected chi connectivity index (χ1v) is 10.4. The Morgan fingerprint density at radius 2 is 1.50 bits per heavy atom. The van der Waals surface area contributed by atoms with Crippen LogP contribution in [0.15, 0.2) is 84.9 Å². The first kappa shape index (κ1) is 21.2. The monoisotopic (exact) mass is 426 g/mol. The average Bonchev–Trinajstić information content (AvgIpc) is 3.20. The Morgan fingerprint density at radius 1 is 0.844 bits per heavy atom. The van der Waals surface area contributed by atoms with E-state index in [1.807, 2.05) is 91.9 Å². The summed E-state index contributed by atoms with van der Waals surface area (Å²) in [5.74, 6) is 1.18. The van der Waals surface area contributed by atoms with Gasteiger partial charge in [-0.15, -0.1) is 0 Å². The predicted octanol–water partition coefficient (Wildman–Crippen LogP) is 5.40. The molecule has 1 aromatic heterocycles. The van der Waals surface area contributed by atoms with Gasteiger partial charge in [-0.3, -0.25) is 4.79 Å². The second kappa shape index (κ2) is 9.43. The van der Waals surface area contributed by atoms with Crippen LogP contribution in [0, 0.1) is 6.92 Å². The van der Waals surface area contributed by atoms with Crippen LogP contribution in [-0.4, -0.2) is 24.7 Å². The molecule has 0 spiro atoms. The van der Waals surface area contributed by atoms with E-state index in [1.54, 1.807) is 14.2 Å². The molecule has 1 amide bonds. The normalized spacial score (nSPS) is 10.6. The first-order valence-electron chi connectivity index (χ1n) is 10.4. The van der Waals surface area contributed by atoms with Crippen molar-refractivity contribution in [3.63, 3.8) is 0 Å². The van der Waals surface area contributed by atoms with Crippen molar-refractivity contribution in [2.24, 2.45) is 0 Å². The van der Waals surface area contributed by atoms with Crippen molar-refractivity contribution in [1.29, 1.82) is 0 Å². The molecule has 0 saturated heterocycles. The van der Waals surface area contributed by atoms with Crippen molar-refractivity contribution in [2.75, 3.05) is 14.2 Å². The number of amides is 1. The van der Waals surface area contributed by atoms with E-state index in [4.69, 9.17) is 9.47 Å². The number of carbonyl (C=O) groups is 1. The highest BCUT2D eigenvalue weighted by atomic mass is 16.5. The third kappa shape index (κ3) is 4.23. The molecule has 0 saturated carbocycles. The number of carbonyl (C=O) groups excluding carboxylic acids is 1. The molecule has 0 aliphatic rings. The number of hydrogen-bond acceptors (Lipinski definition) is 3. The van der Waals surface area contributed by atoms with Crippen molar-refractivity contribution in [3.05, 3.63) is 102 Å². The van der Waals surface area contributed by atoms with Gasteiger partial charge in [0.15, 0.2) is 11.5 Å². The van der Waals surface area contributed by atoms with Gasteiger partial charge in [-0.05, 0) is 36.2 Å². The summed E-state index contributed by atoms with van der Waals surface area (Å²) in [4.78, 5) is 13.1. The fraction of sp³-hybridized carbons (Fsp3) is 0.148. The zero-order valence-corrected chi connectivity index (χ0v) is 18.5. The molecule has 4 rings (SSSR count). The molecule has 0 atom stereocenters. The summed E-state index contributed by atoms with van der Waals surface area (Å²) >= 11 is 0. The van der Waals surface area contributed by atoms with Crippen molar-refractivity contribution in [3.8, 4) is 28.4 Å². The topological polar surface area (TPSA) is 52.5 Å². The maximum Gasteiger partial charge on any atom is 0.253 e. The van der Waals surface area contributed by atoms with Crippen LogP contribution in [0.25, 0.3) is 16.9 Å². The van der Waals surface area contributed by atoms with E-state index in [0.29, 0.717) is 23.6 Å². The van der Waals surface area contributed by atoms with E-state index in [9.17, 15) is 4.79 Å². The third-order valence-electron chi connectivity index (χ3n) is 5.48. The first-order chi connectivity index (χ1) is 15.6. The van der Waals surface area contributed by atoms with Crippen molar-refractivity contribution in [2.45, 2.75) is 13.5 Å². The number of aromatic nitrogens is 1. The summed E-state index contributed by atoms with van der Waals surface area (Å²) in [7, 11) is 3.23. The second-order valence-corrected chi connectivity index (χ2v) is 7.44. The lowest BCUT2D eigenvalue weighted by molar-refractivity contribution is 0.0950. The average molecular weight is 427 g/mol. The van der Waals surface area contributed by atoms with E-state index < -0.39 is 0 Å². The Labute approximate surface area is 188 Å². The Balaban J connectivity index is 1.77. The number of nitrogens with zero attached hydrogens (tertiary/aromatic N) is 1. The molecule has 0 aliphatic carbocycles. The zero-order valence-electron chi connectivity index (χ0n) is 18.5. The molecule has 3 aromatic carbocycles. The van der Waals surface area contributed by atoms with E-state index >= 15 is 0 Å². The van der Waals surface area contributed by atoms with Crippen LogP contribution in [0.5, 0.6) is 11.5 Å². The fourth-order valence-corrected chi connectivity index (χ4v) is 3.83. The Bertz CT molecular complexity index is 1210. The standard InChI is InChI=1S/C27H26N2O3/c1-19-23(27(30)28-18-20-10-6-4-7-11-20)17-24(21-12-8-5-9-13-21)29(19)22-14-15-25(31-2)26(16-22)32-3/h4-17H,18H2,1-3H3,(H,28,30). The van der Waals surface area contributed by atoms with E-state index in [2.05, 4.69) is 9.88 Å². The van der Waals surface area contributed by atoms with Crippen molar-refractivity contribution < 1.29 is 14.3 Å². The van der Waals surface area contributed by atoms with Gasteiger partial charge < -0.3 is 19.4 Å². The molecule has 1 heterocycles. The largest absolute Gasteiger partial charge is 0.493 e. The molecule has 0 radical (unpaired) electrons. The smallest absolute Gasteiger partial charge is 0.253 e. The maximum absolute atomic E-state index is 13.1. The minimum Gasteiger partial charge on any atom is -0.493 e. The molecule has 0 unspecified atom stereocenters. The van der Waals surface area contributed by atoms with E-state index in [0.717, 1.165) is 28.2 Å². The molecule has 162 valence electrons. The van der Waals surface area contributed by atoms with Crippen molar-refractivity contribution >= 4 is 5.91 Å². The van der Waals surface area contributed by atoms with Crippen molar-refractivity contribution in [1.82, 2.24) is 9.88 Å². The Morgan fingerprint density at radius 3 is 2.16 bits per heavy atom. The highest BCUT2D eigenvalue weighted by Crippen LogP contribution is 2.34.